The van der Waals surface area contributed by atoms with Crippen molar-refractivity contribution in [2.75, 3.05) is 13.1 Å². The van der Waals surface area contributed by atoms with Crippen LogP contribution in [0.2, 0.25) is 0 Å². The summed E-state index contributed by atoms with van der Waals surface area (Å²) in [6.45, 7) is 1.03. The monoisotopic (exact) mass is 355 g/mol. The van der Waals surface area contributed by atoms with E-state index in [0.29, 0.717) is 31.5 Å². The Morgan fingerprint density at radius 1 is 1.00 bits per heavy atom. The highest BCUT2D eigenvalue weighted by Crippen LogP contribution is 2.24. The van der Waals surface area contributed by atoms with Crippen molar-refractivity contribution in [2.45, 2.75) is 23.5 Å². The molecule has 0 radical (unpaired) electrons. The second kappa shape index (κ2) is 8.21. The first-order valence-electron chi connectivity index (χ1n) is 8.42. The number of benzene rings is 2. The van der Waals surface area contributed by atoms with Crippen LogP contribution in [0, 0.1) is 5.92 Å². The lowest BCUT2D eigenvalue weighted by Gasteiger charge is -2.30. The van der Waals surface area contributed by atoms with Crippen molar-refractivity contribution in [2.24, 2.45) is 5.92 Å². The van der Waals surface area contributed by atoms with Gasteiger partial charge in [0.25, 0.3) is 5.91 Å². The number of aliphatic carboxylic acids is 1. The molecular weight excluding hydrogens is 334 g/mol. The summed E-state index contributed by atoms with van der Waals surface area (Å²) in [5, 5.41) is 9.04. The molecule has 1 aliphatic heterocycles. The predicted molar refractivity (Wildman–Crippen MR) is 98.7 cm³/mol. The van der Waals surface area contributed by atoms with Crippen LogP contribution in [0.5, 0.6) is 0 Å². The summed E-state index contributed by atoms with van der Waals surface area (Å²) in [6.07, 6.45) is 1.07. The molecule has 2 aromatic rings. The summed E-state index contributed by atoms with van der Waals surface area (Å²) >= 11 is 1.74. The molecule has 0 saturated carbocycles. The van der Waals surface area contributed by atoms with E-state index < -0.39 is 5.97 Å². The summed E-state index contributed by atoms with van der Waals surface area (Å²) in [5.41, 5.74) is 1.94. The Hall–Kier alpha value is -2.27. The summed E-state index contributed by atoms with van der Waals surface area (Å²) in [4.78, 5) is 26.4. The van der Waals surface area contributed by atoms with Crippen molar-refractivity contribution in [3.63, 3.8) is 0 Å². The molecule has 0 aromatic heterocycles. The van der Waals surface area contributed by atoms with Gasteiger partial charge in [0.15, 0.2) is 0 Å². The topological polar surface area (TPSA) is 57.6 Å². The average molecular weight is 355 g/mol. The molecule has 0 unspecified atom stereocenters. The van der Waals surface area contributed by atoms with Crippen LogP contribution in [-0.4, -0.2) is 35.0 Å². The number of nitrogens with zero attached hydrogens (tertiary/aromatic N) is 1. The van der Waals surface area contributed by atoms with Crippen LogP contribution in [-0.2, 0) is 10.5 Å². The first-order chi connectivity index (χ1) is 12.1. The molecule has 1 fully saturated rings. The number of hydrogen-bond acceptors (Lipinski definition) is 3. The molecule has 130 valence electrons. The Morgan fingerprint density at radius 2 is 1.64 bits per heavy atom. The van der Waals surface area contributed by atoms with E-state index in [4.69, 9.17) is 5.11 Å². The minimum atomic E-state index is -0.758. The average Bonchev–Trinajstić information content (AvgIpc) is 2.67. The van der Waals surface area contributed by atoms with E-state index in [1.54, 1.807) is 16.7 Å². The number of hydrogen-bond donors (Lipinski definition) is 1. The minimum absolute atomic E-state index is 0.0107. The molecule has 0 aliphatic carbocycles. The summed E-state index contributed by atoms with van der Waals surface area (Å²) in [6, 6.07) is 18.0. The smallest absolute Gasteiger partial charge is 0.306 e. The van der Waals surface area contributed by atoms with Gasteiger partial charge in [-0.15, -0.1) is 11.8 Å². The predicted octanol–water partition coefficient (Wildman–Crippen LogP) is 3.92. The van der Waals surface area contributed by atoms with Gasteiger partial charge in [-0.3, -0.25) is 9.59 Å². The molecule has 4 nitrogen and oxygen atoms in total. The maximum Gasteiger partial charge on any atom is 0.306 e. The van der Waals surface area contributed by atoms with E-state index in [1.165, 1.54) is 5.56 Å². The molecule has 5 heteroatoms. The summed E-state index contributed by atoms with van der Waals surface area (Å²) < 4.78 is 0. The fourth-order valence-electron chi connectivity index (χ4n) is 2.95. The van der Waals surface area contributed by atoms with Crippen molar-refractivity contribution in [1.29, 1.82) is 0 Å². The molecule has 1 N–H and O–H groups in total. The van der Waals surface area contributed by atoms with Gasteiger partial charge in [-0.2, -0.15) is 0 Å². The minimum Gasteiger partial charge on any atom is -0.481 e. The van der Waals surface area contributed by atoms with Crippen LogP contribution < -0.4 is 0 Å². The second-order valence-electron chi connectivity index (χ2n) is 6.20. The highest BCUT2D eigenvalue weighted by Gasteiger charge is 2.27. The molecule has 1 aliphatic rings. The Labute approximate surface area is 151 Å². The number of thioether (sulfide) groups is 1. The lowest BCUT2D eigenvalue weighted by molar-refractivity contribution is -0.143. The van der Waals surface area contributed by atoms with Crippen molar-refractivity contribution in [1.82, 2.24) is 4.90 Å². The van der Waals surface area contributed by atoms with Gasteiger partial charge in [-0.25, -0.2) is 0 Å². The van der Waals surface area contributed by atoms with Gasteiger partial charge in [0, 0.05) is 29.3 Å². The molecule has 1 saturated heterocycles. The van der Waals surface area contributed by atoms with E-state index in [1.807, 2.05) is 42.5 Å². The van der Waals surface area contributed by atoms with Crippen LogP contribution >= 0.6 is 11.8 Å². The van der Waals surface area contributed by atoms with Crippen molar-refractivity contribution >= 4 is 23.6 Å². The number of likely N-dealkylation sites (tertiary alicyclic amines) is 1. The highest BCUT2D eigenvalue weighted by molar-refractivity contribution is 7.98. The standard InChI is InChI=1S/C20H21NO3S/c22-19(21-12-10-17(11-13-21)20(23)24)16-6-8-18(9-7-16)25-14-15-4-2-1-3-5-15/h1-9,17H,10-14H2,(H,23,24). The van der Waals surface area contributed by atoms with Gasteiger partial charge in [-0.05, 0) is 42.7 Å². The third-order valence-corrected chi connectivity index (χ3v) is 5.56. The summed E-state index contributed by atoms with van der Waals surface area (Å²) in [7, 11) is 0. The second-order valence-corrected chi connectivity index (χ2v) is 7.25. The third-order valence-electron chi connectivity index (χ3n) is 4.48. The van der Waals surface area contributed by atoms with Gasteiger partial charge >= 0.3 is 5.97 Å². The van der Waals surface area contributed by atoms with E-state index in [9.17, 15) is 9.59 Å². The fourth-order valence-corrected chi connectivity index (χ4v) is 3.80. The van der Waals surface area contributed by atoms with Crippen LogP contribution in [0.25, 0.3) is 0 Å². The van der Waals surface area contributed by atoms with Crippen LogP contribution in [0.4, 0.5) is 0 Å². The number of carbonyl (C=O) groups is 2. The van der Waals surface area contributed by atoms with Crippen molar-refractivity contribution in [3.8, 4) is 0 Å². The third kappa shape index (κ3) is 4.63. The lowest BCUT2D eigenvalue weighted by Crippen LogP contribution is -2.40. The van der Waals surface area contributed by atoms with Crippen LogP contribution in [0.3, 0.4) is 0 Å². The first kappa shape index (κ1) is 17.5. The first-order valence-corrected chi connectivity index (χ1v) is 9.41. The number of carboxylic acid groups (broad SMARTS) is 1. The maximum absolute atomic E-state index is 12.5. The lowest BCUT2D eigenvalue weighted by atomic mass is 9.96. The molecule has 3 rings (SSSR count). The molecule has 0 bridgehead atoms. The van der Waals surface area contributed by atoms with Crippen LogP contribution in [0.15, 0.2) is 59.5 Å². The quantitative estimate of drug-likeness (QED) is 0.826. The molecule has 2 aromatic carbocycles. The Kier molecular flexibility index (Phi) is 5.76. The zero-order valence-corrected chi connectivity index (χ0v) is 14.7. The van der Waals surface area contributed by atoms with E-state index in [0.717, 1.165) is 10.6 Å². The highest BCUT2D eigenvalue weighted by atomic mass is 32.2. The van der Waals surface area contributed by atoms with Crippen LogP contribution in [0.1, 0.15) is 28.8 Å². The number of rotatable bonds is 5. The largest absolute Gasteiger partial charge is 0.481 e. The van der Waals surface area contributed by atoms with Gasteiger partial charge < -0.3 is 10.0 Å². The summed E-state index contributed by atoms with van der Waals surface area (Å²) in [5.74, 6) is -0.187. The number of amides is 1. The van der Waals surface area contributed by atoms with E-state index in [-0.39, 0.29) is 11.8 Å². The molecular formula is C20H21NO3S. The molecule has 1 heterocycles. The molecule has 1 amide bonds. The number of carboxylic acids is 1. The molecule has 25 heavy (non-hydrogen) atoms. The molecule has 0 atom stereocenters. The number of piperidine rings is 1. The Morgan fingerprint density at radius 3 is 2.24 bits per heavy atom. The normalized spacial score (nSPS) is 15.1. The van der Waals surface area contributed by atoms with Crippen molar-refractivity contribution in [3.05, 3.63) is 65.7 Å². The Bertz CT molecular complexity index is 722. The van der Waals surface area contributed by atoms with Gasteiger partial charge in [0.2, 0.25) is 0 Å². The fraction of sp³-hybridized carbons (Fsp3) is 0.300. The molecule has 0 spiro atoms. The zero-order valence-electron chi connectivity index (χ0n) is 13.9. The SMILES string of the molecule is O=C(O)C1CCN(C(=O)c2ccc(SCc3ccccc3)cc2)CC1. The van der Waals surface area contributed by atoms with Gasteiger partial charge in [0.1, 0.15) is 0 Å². The van der Waals surface area contributed by atoms with Gasteiger partial charge in [0.05, 0.1) is 5.92 Å². The van der Waals surface area contributed by atoms with E-state index in [2.05, 4.69) is 12.1 Å². The Balaban J connectivity index is 1.55. The van der Waals surface area contributed by atoms with Crippen molar-refractivity contribution < 1.29 is 14.7 Å². The number of carbonyl (C=O) groups excluding carboxylic acids is 1. The zero-order chi connectivity index (χ0) is 17.6. The van der Waals surface area contributed by atoms with Gasteiger partial charge in [-0.1, -0.05) is 30.3 Å². The van der Waals surface area contributed by atoms with E-state index >= 15 is 0 Å². The maximum atomic E-state index is 12.5.